The van der Waals surface area contributed by atoms with Gasteiger partial charge in [-0.3, -0.25) is 0 Å². The third kappa shape index (κ3) is 3.47. The maximum atomic E-state index is 12.5. The molecule has 5 heteroatoms. The number of nitrogens with one attached hydrogen (secondary N) is 1. The normalized spacial score (nSPS) is 26.3. The zero-order valence-corrected chi connectivity index (χ0v) is 13.0. The van der Waals surface area contributed by atoms with Crippen molar-refractivity contribution >= 4 is 10.0 Å². The van der Waals surface area contributed by atoms with E-state index < -0.39 is 10.0 Å². The monoisotopic (exact) mass is 309 g/mol. The molecule has 0 aliphatic heterocycles. The zero-order valence-electron chi connectivity index (χ0n) is 12.2. The van der Waals surface area contributed by atoms with E-state index in [9.17, 15) is 13.5 Å². The Labute approximate surface area is 126 Å². The summed E-state index contributed by atoms with van der Waals surface area (Å²) in [6, 6.07) is 5.36. The van der Waals surface area contributed by atoms with Crippen LogP contribution in [0.1, 0.15) is 49.7 Å². The summed E-state index contributed by atoms with van der Waals surface area (Å²) >= 11 is 0. The molecule has 116 valence electrons. The van der Waals surface area contributed by atoms with E-state index in [1.807, 2.05) is 12.1 Å². The quantitative estimate of drug-likeness (QED) is 0.899. The van der Waals surface area contributed by atoms with Crippen molar-refractivity contribution < 1.29 is 13.5 Å². The standard InChI is InChI=1S/C16H23NO3S/c18-15-7-3-6-14(11-15)17-21(19,20)16-9-8-12-4-1-2-5-13(12)10-16/h8-10,14-15,17-18H,1-7,11H2. The molecule has 0 radical (unpaired) electrons. The van der Waals surface area contributed by atoms with Gasteiger partial charge >= 0.3 is 0 Å². The third-order valence-electron chi connectivity index (χ3n) is 4.60. The summed E-state index contributed by atoms with van der Waals surface area (Å²) in [6.45, 7) is 0. The Kier molecular flexibility index (Phi) is 4.33. The first-order chi connectivity index (χ1) is 10.0. The second-order valence-electron chi connectivity index (χ2n) is 6.28. The maximum absolute atomic E-state index is 12.5. The van der Waals surface area contributed by atoms with E-state index in [1.54, 1.807) is 6.07 Å². The second-order valence-corrected chi connectivity index (χ2v) is 7.99. The second kappa shape index (κ2) is 6.07. The molecule has 2 aliphatic carbocycles. The number of hydrogen-bond donors (Lipinski definition) is 2. The van der Waals surface area contributed by atoms with Gasteiger partial charge in [-0.2, -0.15) is 0 Å². The number of fused-ring (bicyclic) bond motifs is 1. The molecule has 0 amide bonds. The van der Waals surface area contributed by atoms with Crippen molar-refractivity contribution in [2.24, 2.45) is 0 Å². The van der Waals surface area contributed by atoms with E-state index in [0.29, 0.717) is 11.3 Å². The predicted octanol–water partition coefficient (Wildman–Crippen LogP) is 2.15. The van der Waals surface area contributed by atoms with Gasteiger partial charge in [0.2, 0.25) is 10.0 Å². The molecule has 0 aromatic heterocycles. The molecule has 1 aromatic rings. The van der Waals surface area contributed by atoms with E-state index in [2.05, 4.69) is 4.72 Å². The molecule has 2 N–H and O–H groups in total. The average Bonchev–Trinajstić information content (AvgIpc) is 2.46. The Bertz CT molecular complexity index is 612. The zero-order chi connectivity index (χ0) is 14.9. The molecule has 1 aromatic carbocycles. The molecule has 0 spiro atoms. The fraction of sp³-hybridized carbons (Fsp3) is 0.625. The molecule has 2 unspecified atom stereocenters. The molecule has 2 atom stereocenters. The van der Waals surface area contributed by atoms with Gasteiger partial charge in [-0.05, 0) is 74.6 Å². The van der Waals surface area contributed by atoms with E-state index in [-0.39, 0.29) is 12.1 Å². The van der Waals surface area contributed by atoms with Crippen LogP contribution in [-0.4, -0.2) is 25.7 Å². The van der Waals surface area contributed by atoms with Crippen LogP contribution in [-0.2, 0) is 22.9 Å². The number of hydrogen-bond acceptors (Lipinski definition) is 3. The number of rotatable bonds is 3. The van der Waals surface area contributed by atoms with Gasteiger partial charge in [-0.15, -0.1) is 0 Å². The smallest absolute Gasteiger partial charge is 0.240 e. The predicted molar refractivity (Wildman–Crippen MR) is 81.7 cm³/mol. The number of aliphatic hydroxyl groups is 1. The van der Waals surface area contributed by atoms with Gasteiger partial charge in [-0.1, -0.05) is 6.07 Å². The van der Waals surface area contributed by atoms with Gasteiger partial charge in [0.25, 0.3) is 0 Å². The lowest BCUT2D eigenvalue weighted by atomic mass is 9.92. The third-order valence-corrected chi connectivity index (χ3v) is 6.12. The van der Waals surface area contributed by atoms with Gasteiger partial charge < -0.3 is 5.11 Å². The van der Waals surface area contributed by atoms with Crippen LogP contribution in [0.2, 0.25) is 0 Å². The van der Waals surface area contributed by atoms with Crippen LogP contribution < -0.4 is 4.72 Å². The lowest BCUT2D eigenvalue weighted by molar-refractivity contribution is 0.117. The summed E-state index contributed by atoms with van der Waals surface area (Å²) in [6.07, 6.45) is 6.95. The molecule has 0 heterocycles. The van der Waals surface area contributed by atoms with Crippen LogP contribution in [0.15, 0.2) is 23.1 Å². The lowest BCUT2D eigenvalue weighted by Gasteiger charge is -2.26. The highest BCUT2D eigenvalue weighted by molar-refractivity contribution is 7.89. The fourth-order valence-corrected chi connectivity index (χ4v) is 4.77. The van der Waals surface area contributed by atoms with Crippen molar-refractivity contribution in [3.8, 4) is 0 Å². The van der Waals surface area contributed by atoms with E-state index in [0.717, 1.165) is 38.5 Å². The highest BCUT2D eigenvalue weighted by Gasteiger charge is 2.26. The van der Waals surface area contributed by atoms with E-state index in [1.165, 1.54) is 17.5 Å². The summed E-state index contributed by atoms with van der Waals surface area (Å²) in [5.41, 5.74) is 2.46. The molecular weight excluding hydrogens is 286 g/mol. The first kappa shape index (κ1) is 15.0. The summed E-state index contributed by atoms with van der Waals surface area (Å²) in [4.78, 5) is 0.364. The minimum Gasteiger partial charge on any atom is -0.393 e. The van der Waals surface area contributed by atoms with Gasteiger partial charge in [0, 0.05) is 6.04 Å². The van der Waals surface area contributed by atoms with Crippen molar-refractivity contribution in [1.29, 1.82) is 0 Å². The number of aliphatic hydroxyl groups excluding tert-OH is 1. The van der Waals surface area contributed by atoms with Crippen molar-refractivity contribution in [2.75, 3.05) is 0 Å². The molecular formula is C16H23NO3S. The van der Waals surface area contributed by atoms with Gasteiger partial charge in [-0.25, -0.2) is 13.1 Å². The summed E-state index contributed by atoms with van der Waals surface area (Å²) < 4.78 is 27.8. The molecule has 0 bridgehead atoms. The van der Waals surface area contributed by atoms with Crippen molar-refractivity contribution in [2.45, 2.75) is 68.4 Å². The topological polar surface area (TPSA) is 66.4 Å². The Morgan fingerprint density at radius 3 is 2.57 bits per heavy atom. The van der Waals surface area contributed by atoms with Gasteiger partial charge in [0.1, 0.15) is 0 Å². The molecule has 1 saturated carbocycles. The average molecular weight is 309 g/mol. The lowest BCUT2D eigenvalue weighted by Crippen LogP contribution is -2.39. The van der Waals surface area contributed by atoms with Crippen LogP contribution in [0.4, 0.5) is 0 Å². The largest absolute Gasteiger partial charge is 0.393 e. The van der Waals surface area contributed by atoms with Crippen LogP contribution in [0.3, 0.4) is 0 Å². The Hall–Kier alpha value is -0.910. The molecule has 2 aliphatic rings. The Morgan fingerprint density at radius 2 is 1.81 bits per heavy atom. The SMILES string of the molecule is O=S(=O)(NC1CCCC(O)C1)c1ccc2c(c1)CCCC2. The fourth-order valence-electron chi connectivity index (χ4n) is 3.44. The molecule has 1 fully saturated rings. The van der Waals surface area contributed by atoms with Crippen molar-refractivity contribution in [1.82, 2.24) is 4.72 Å². The van der Waals surface area contributed by atoms with Gasteiger partial charge in [0.15, 0.2) is 0 Å². The summed E-state index contributed by atoms with van der Waals surface area (Å²) in [5.74, 6) is 0. The van der Waals surface area contributed by atoms with Crippen LogP contribution in [0.25, 0.3) is 0 Å². The summed E-state index contributed by atoms with van der Waals surface area (Å²) in [5, 5.41) is 9.67. The molecule has 0 saturated heterocycles. The number of sulfonamides is 1. The Balaban J connectivity index is 1.78. The minimum absolute atomic E-state index is 0.144. The Morgan fingerprint density at radius 1 is 1.05 bits per heavy atom. The molecule has 3 rings (SSSR count). The van der Waals surface area contributed by atoms with E-state index in [4.69, 9.17) is 0 Å². The number of benzene rings is 1. The molecule has 21 heavy (non-hydrogen) atoms. The van der Waals surface area contributed by atoms with Crippen LogP contribution in [0, 0.1) is 0 Å². The van der Waals surface area contributed by atoms with Crippen LogP contribution >= 0.6 is 0 Å². The summed E-state index contributed by atoms with van der Waals surface area (Å²) in [7, 11) is -3.48. The van der Waals surface area contributed by atoms with Crippen molar-refractivity contribution in [3.63, 3.8) is 0 Å². The van der Waals surface area contributed by atoms with Crippen LogP contribution in [0.5, 0.6) is 0 Å². The molecule has 4 nitrogen and oxygen atoms in total. The highest BCUT2D eigenvalue weighted by atomic mass is 32.2. The van der Waals surface area contributed by atoms with E-state index >= 15 is 0 Å². The highest BCUT2D eigenvalue weighted by Crippen LogP contribution is 2.25. The minimum atomic E-state index is -3.48. The first-order valence-corrected chi connectivity index (χ1v) is 9.35. The first-order valence-electron chi connectivity index (χ1n) is 7.87. The van der Waals surface area contributed by atoms with Crippen molar-refractivity contribution in [3.05, 3.63) is 29.3 Å². The van der Waals surface area contributed by atoms with Gasteiger partial charge in [0.05, 0.1) is 11.0 Å². The number of aryl methyl sites for hydroxylation is 2. The maximum Gasteiger partial charge on any atom is 0.240 e.